The third-order valence-corrected chi connectivity index (χ3v) is 6.72. The quantitative estimate of drug-likeness (QED) is 0.690. The normalized spacial score (nSPS) is 31.7. The number of phenols is 1. The molecule has 2 unspecified atom stereocenters. The summed E-state index contributed by atoms with van der Waals surface area (Å²) in [7, 11) is 0. The van der Waals surface area contributed by atoms with Crippen LogP contribution < -0.4 is 0 Å². The van der Waals surface area contributed by atoms with Gasteiger partial charge in [-0.15, -0.1) is 0 Å². The minimum atomic E-state index is 0.408. The van der Waals surface area contributed by atoms with E-state index in [0.29, 0.717) is 17.1 Å². The van der Waals surface area contributed by atoms with Crippen LogP contribution >= 0.6 is 0 Å². The summed E-state index contributed by atoms with van der Waals surface area (Å²) in [6, 6.07) is 6.01. The van der Waals surface area contributed by atoms with Crippen molar-refractivity contribution in [1.82, 2.24) is 0 Å². The van der Waals surface area contributed by atoms with Gasteiger partial charge in [0.2, 0.25) is 0 Å². The molecular formula is C22H28O. The first-order valence-electron chi connectivity index (χ1n) is 9.34. The van der Waals surface area contributed by atoms with Gasteiger partial charge in [-0.2, -0.15) is 0 Å². The molecule has 122 valence electrons. The summed E-state index contributed by atoms with van der Waals surface area (Å²) in [5, 5.41) is 9.76. The molecule has 0 amide bonds. The van der Waals surface area contributed by atoms with Gasteiger partial charge in [0.15, 0.2) is 0 Å². The Balaban J connectivity index is 1.64. The highest BCUT2D eigenvalue weighted by molar-refractivity contribution is 5.48. The molecule has 1 fully saturated rings. The van der Waals surface area contributed by atoms with Gasteiger partial charge in [0, 0.05) is 5.92 Å². The number of allylic oxidation sites excluding steroid dienone is 4. The van der Waals surface area contributed by atoms with Gasteiger partial charge in [-0.3, -0.25) is 0 Å². The number of fused-ring (bicyclic) bond motifs is 5. The topological polar surface area (TPSA) is 20.2 Å². The molecule has 4 rings (SSSR count). The van der Waals surface area contributed by atoms with Crippen LogP contribution in [0, 0.1) is 11.3 Å². The summed E-state index contributed by atoms with van der Waals surface area (Å²) >= 11 is 0. The number of hydrogen-bond acceptors (Lipinski definition) is 1. The van der Waals surface area contributed by atoms with Crippen molar-refractivity contribution in [3.05, 3.63) is 52.6 Å². The van der Waals surface area contributed by atoms with Gasteiger partial charge in [0.05, 0.1) is 0 Å². The van der Waals surface area contributed by atoms with Crippen LogP contribution in [0.2, 0.25) is 0 Å². The highest BCUT2D eigenvalue weighted by Gasteiger charge is 2.48. The summed E-state index contributed by atoms with van der Waals surface area (Å²) in [4.78, 5) is 0. The van der Waals surface area contributed by atoms with E-state index in [1.807, 2.05) is 12.1 Å². The van der Waals surface area contributed by atoms with E-state index < -0.39 is 0 Å². The summed E-state index contributed by atoms with van der Waals surface area (Å²) in [6.07, 6.45) is 13.8. The third-order valence-electron chi connectivity index (χ3n) is 6.72. The fraction of sp³-hybridized carbons (Fsp3) is 0.545. The number of aromatic hydroxyl groups is 1. The van der Waals surface area contributed by atoms with E-state index in [9.17, 15) is 5.11 Å². The fourth-order valence-corrected chi connectivity index (χ4v) is 5.38. The van der Waals surface area contributed by atoms with E-state index in [2.05, 4.69) is 32.1 Å². The third kappa shape index (κ3) is 2.28. The molecule has 1 N–H and O–H groups in total. The van der Waals surface area contributed by atoms with Crippen LogP contribution in [0.3, 0.4) is 0 Å². The van der Waals surface area contributed by atoms with Gasteiger partial charge < -0.3 is 5.11 Å². The van der Waals surface area contributed by atoms with Crippen LogP contribution in [0.25, 0.3) is 0 Å². The minimum absolute atomic E-state index is 0.408. The van der Waals surface area contributed by atoms with Gasteiger partial charge in [-0.05, 0) is 73.1 Å². The second kappa shape index (κ2) is 5.54. The van der Waals surface area contributed by atoms with Gasteiger partial charge in [0.25, 0.3) is 0 Å². The zero-order chi connectivity index (χ0) is 16.0. The van der Waals surface area contributed by atoms with Crippen LogP contribution in [-0.4, -0.2) is 5.11 Å². The first-order chi connectivity index (χ1) is 11.1. The van der Waals surface area contributed by atoms with Crippen molar-refractivity contribution >= 4 is 0 Å². The van der Waals surface area contributed by atoms with Gasteiger partial charge in [-0.1, -0.05) is 49.6 Å². The zero-order valence-corrected chi connectivity index (χ0v) is 14.4. The largest absolute Gasteiger partial charge is 0.508 e. The highest BCUT2D eigenvalue weighted by atomic mass is 16.3. The number of phenolic OH excluding ortho intramolecular Hbond substituents is 1. The van der Waals surface area contributed by atoms with Crippen LogP contribution in [0.4, 0.5) is 0 Å². The monoisotopic (exact) mass is 308 g/mol. The van der Waals surface area contributed by atoms with Crippen LogP contribution in [0.15, 0.2) is 41.5 Å². The summed E-state index contributed by atoms with van der Waals surface area (Å²) in [5.74, 6) is 1.72. The van der Waals surface area contributed by atoms with Gasteiger partial charge in [0.1, 0.15) is 5.75 Å². The van der Waals surface area contributed by atoms with Crippen molar-refractivity contribution in [3.63, 3.8) is 0 Å². The van der Waals surface area contributed by atoms with E-state index >= 15 is 0 Å². The molecule has 0 bridgehead atoms. The Kier molecular flexibility index (Phi) is 3.63. The number of benzene rings is 1. The van der Waals surface area contributed by atoms with E-state index in [1.165, 1.54) is 49.7 Å². The first kappa shape index (κ1) is 15.1. The summed E-state index contributed by atoms with van der Waals surface area (Å²) < 4.78 is 0. The van der Waals surface area contributed by atoms with Crippen molar-refractivity contribution in [2.45, 2.75) is 64.7 Å². The van der Waals surface area contributed by atoms with E-state index in [4.69, 9.17) is 0 Å². The molecule has 0 spiro atoms. The Bertz CT molecular complexity index is 681. The lowest BCUT2D eigenvalue weighted by Crippen LogP contribution is -2.35. The first-order valence-corrected chi connectivity index (χ1v) is 9.34. The molecule has 0 heterocycles. The van der Waals surface area contributed by atoms with E-state index in [-0.39, 0.29) is 0 Å². The Morgan fingerprint density at radius 3 is 2.96 bits per heavy atom. The minimum Gasteiger partial charge on any atom is -0.508 e. The smallest absolute Gasteiger partial charge is 0.115 e. The molecule has 3 aliphatic rings. The van der Waals surface area contributed by atoms with E-state index in [1.54, 1.807) is 11.1 Å². The van der Waals surface area contributed by atoms with Gasteiger partial charge >= 0.3 is 0 Å². The Hall–Kier alpha value is -1.50. The van der Waals surface area contributed by atoms with E-state index in [0.717, 1.165) is 12.3 Å². The van der Waals surface area contributed by atoms with Crippen molar-refractivity contribution in [3.8, 4) is 5.75 Å². The van der Waals surface area contributed by atoms with Crippen LogP contribution in [0.1, 0.15) is 69.4 Å². The van der Waals surface area contributed by atoms with Crippen molar-refractivity contribution < 1.29 is 5.11 Å². The molecule has 1 nitrogen and oxygen atoms in total. The second-order valence-electron chi connectivity index (χ2n) is 7.92. The average molecular weight is 308 g/mol. The second-order valence-corrected chi connectivity index (χ2v) is 7.92. The zero-order valence-electron chi connectivity index (χ0n) is 14.4. The predicted molar refractivity (Wildman–Crippen MR) is 95.7 cm³/mol. The maximum absolute atomic E-state index is 9.76. The molecule has 1 aromatic carbocycles. The SMILES string of the molecule is CCCCC1=CCC2C3=CCc4cc(O)ccc4C3CC[C@]12C. The lowest BCUT2D eigenvalue weighted by Gasteiger charge is -2.46. The molecule has 3 atom stereocenters. The van der Waals surface area contributed by atoms with Crippen LogP contribution in [-0.2, 0) is 6.42 Å². The van der Waals surface area contributed by atoms with Gasteiger partial charge in [-0.25, -0.2) is 0 Å². The molecule has 0 saturated heterocycles. The number of hydrogen-bond donors (Lipinski definition) is 1. The molecule has 3 aliphatic carbocycles. The lowest BCUT2D eigenvalue weighted by atomic mass is 9.58. The Labute approximate surface area is 140 Å². The maximum Gasteiger partial charge on any atom is 0.115 e. The Morgan fingerprint density at radius 2 is 2.13 bits per heavy atom. The maximum atomic E-state index is 9.76. The molecule has 1 heteroatoms. The lowest BCUT2D eigenvalue weighted by molar-refractivity contribution is 0.213. The molecule has 1 aromatic rings. The van der Waals surface area contributed by atoms with Crippen molar-refractivity contribution in [2.24, 2.45) is 11.3 Å². The van der Waals surface area contributed by atoms with Crippen molar-refractivity contribution in [2.75, 3.05) is 0 Å². The van der Waals surface area contributed by atoms with Crippen LogP contribution in [0.5, 0.6) is 5.75 Å². The molecule has 23 heavy (non-hydrogen) atoms. The number of rotatable bonds is 3. The predicted octanol–water partition coefficient (Wildman–Crippen LogP) is 5.89. The highest BCUT2D eigenvalue weighted by Crippen LogP contribution is 2.60. The summed E-state index contributed by atoms with van der Waals surface area (Å²) in [5.41, 5.74) is 6.65. The fourth-order valence-electron chi connectivity index (χ4n) is 5.38. The molecule has 1 saturated carbocycles. The molecule has 0 aromatic heterocycles. The average Bonchev–Trinajstić information content (AvgIpc) is 2.89. The molecule has 0 radical (unpaired) electrons. The molecule has 0 aliphatic heterocycles. The number of unbranched alkanes of at least 4 members (excludes halogenated alkanes) is 1. The van der Waals surface area contributed by atoms with Crippen molar-refractivity contribution in [1.29, 1.82) is 0 Å². The molecular weight excluding hydrogens is 280 g/mol. The summed E-state index contributed by atoms with van der Waals surface area (Å²) in [6.45, 7) is 4.82. The standard InChI is InChI=1S/C22H28O/c1-3-4-5-16-7-11-21-20-9-6-15-14-17(23)8-10-18(15)19(20)12-13-22(16,21)2/h7-10,14,19,21,23H,3-6,11-13H2,1-2H3/t19?,21?,22-/m1/s1. The Morgan fingerprint density at radius 1 is 1.26 bits per heavy atom.